The van der Waals surface area contributed by atoms with Crippen molar-refractivity contribution in [1.29, 1.82) is 0 Å². The van der Waals surface area contributed by atoms with Gasteiger partial charge in [-0.05, 0) is 51.3 Å². The molecule has 0 aliphatic rings. The fourth-order valence-electron chi connectivity index (χ4n) is 2.46. The van der Waals surface area contributed by atoms with Gasteiger partial charge in [0.2, 0.25) is 0 Å². The summed E-state index contributed by atoms with van der Waals surface area (Å²) in [7, 11) is 0. The fourth-order valence-corrected chi connectivity index (χ4v) is 2.46. The molecule has 10 heteroatoms. The first-order valence-corrected chi connectivity index (χ1v) is 12.0. The van der Waals surface area contributed by atoms with E-state index in [4.69, 9.17) is 29.4 Å². The molecule has 0 heterocycles. The Morgan fingerprint density at radius 3 is 1.97 bits per heavy atom. The van der Waals surface area contributed by atoms with Crippen LogP contribution in [0.4, 0.5) is 4.79 Å². The van der Waals surface area contributed by atoms with Gasteiger partial charge in [0, 0.05) is 0 Å². The van der Waals surface area contributed by atoms with Crippen molar-refractivity contribution in [2.24, 2.45) is 17.6 Å². The highest BCUT2D eigenvalue weighted by Gasteiger charge is 2.25. The highest BCUT2D eigenvalue weighted by Crippen LogP contribution is 2.30. The van der Waals surface area contributed by atoms with Gasteiger partial charge in [-0.25, -0.2) is 4.79 Å². The van der Waals surface area contributed by atoms with Crippen LogP contribution >= 0.6 is 0 Å². The summed E-state index contributed by atoms with van der Waals surface area (Å²) in [5.74, 6) is -2.34. The van der Waals surface area contributed by atoms with Crippen LogP contribution in [-0.2, 0) is 35.0 Å². The molecule has 1 aromatic rings. The molecule has 0 amide bonds. The maximum atomic E-state index is 12.4. The average Bonchev–Trinajstić information content (AvgIpc) is 2.78. The highest BCUT2D eigenvalue weighted by molar-refractivity contribution is 5.78. The predicted molar refractivity (Wildman–Crippen MR) is 131 cm³/mol. The zero-order chi connectivity index (χ0) is 27.6. The van der Waals surface area contributed by atoms with Crippen LogP contribution < -0.4 is 15.2 Å². The second-order valence-corrected chi connectivity index (χ2v) is 9.77. The molecule has 1 rings (SSSR count). The monoisotopic (exact) mass is 509 g/mol. The lowest BCUT2D eigenvalue weighted by Gasteiger charge is -2.24. The van der Waals surface area contributed by atoms with E-state index in [9.17, 15) is 19.2 Å². The summed E-state index contributed by atoms with van der Waals surface area (Å²) < 4.78 is 26.2. The summed E-state index contributed by atoms with van der Waals surface area (Å²) in [6, 6.07) is 3.55. The van der Waals surface area contributed by atoms with Crippen molar-refractivity contribution in [1.82, 2.24) is 0 Å². The minimum atomic E-state index is -1.04. The Morgan fingerprint density at radius 1 is 0.889 bits per heavy atom. The molecule has 0 spiro atoms. The van der Waals surface area contributed by atoms with E-state index in [1.54, 1.807) is 54.5 Å². The van der Waals surface area contributed by atoms with Crippen molar-refractivity contribution in [3.63, 3.8) is 0 Å². The van der Waals surface area contributed by atoms with Gasteiger partial charge in [0.15, 0.2) is 11.5 Å². The molecular weight excluding hydrogens is 470 g/mol. The molecule has 202 valence electrons. The van der Waals surface area contributed by atoms with E-state index in [-0.39, 0.29) is 30.4 Å². The molecule has 2 atom stereocenters. The largest absolute Gasteiger partial charge is 0.509 e. The van der Waals surface area contributed by atoms with Crippen LogP contribution in [0, 0.1) is 11.8 Å². The Morgan fingerprint density at radius 2 is 1.44 bits per heavy atom. The van der Waals surface area contributed by atoms with Crippen molar-refractivity contribution in [2.45, 2.75) is 86.0 Å². The number of rotatable bonds is 12. The minimum Gasteiger partial charge on any atom is -0.461 e. The Labute approximate surface area is 212 Å². The van der Waals surface area contributed by atoms with Crippen LogP contribution in [0.2, 0.25) is 0 Å². The quantitative estimate of drug-likeness (QED) is 0.325. The summed E-state index contributed by atoms with van der Waals surface area (Å²) in [5, 5.41) is 0. The van der Waals surface area contributed by atoms with Gasteiger partial charge in [0.1, 0.15) is 24.4 Å². The normalized spacial score (nSPS) is 13.1. The zero-order valence-electron chi connectivity index (χ0n) is 22.4. The number of esters is 3. The summed E-state index contributed by atoms with van der Waals surface area (Å²) in [6.45, 7) is 13.5. The van der Waals surface area contributed by atoms with Gasteiger partial charge in [-0.1, -0.05) is 40.7 Å². The number of ether oxygens (including phenoxy) is 5. The number of benzene rings is 1. The predicted octanol–water partition coefficient (Wildman–Crippen LogP) is 3.95. The lowest BCUT2D eigenvalue weighted by atomic mass is 10.1. The van der Waals surface area contributed by atoms with E-state index in [0.29, 0.717) is 12.0 Å². The van der Waals surface area contributed by atoms with E-state index in [1.807, 2.05) is 6.92 Å². The summed E-state index contributed by atoms with van der Waals surface area (Å²) in [4.78, 5) is 48.4. The Kier molecular flexibility index (Phi) is 11.9. The molecule has 0 radical (unpaired) electrons. The molecule has 0 aromatic heterocycles. The van der Waals surface area contributed by atoms with Crippen LogP contribution in [0.3, 0.4) is 0 Å². The van der Waals surface area contributed by atoms with Crippen molar-refractivity contribution < 1.29 is 42.9 Å². The Bertz CT molecular complexity index is 924. The summed E-state index contributed by atoms with van der Waals surface area (Å²) >= 11 is 0. The second kappa shape index (κ2) is 13.8. The van der Waals surface area contributed by atoms with E-state index in [2.05, 4.69) is 0 Å². The molecule has 0 saturated heterocycles. The van der Waals surface area contributed by atoms with Crippen LogP contribution in [0.25, 0.3) is 0 Å². The minimum absolute atomic E-state index is 0.0521. The van der Waals surface area contributed by atoms with Crippen LogP contribution in [0.15, 0.2) is 18.2 Å². The molecule has 36 heavy (non-hydrogen) atoms. The van der Waals surface area contributed by atoms with Gasteiger partial charge in [0.25, 0.3) is 0 Å². The third-order valence-corrected chi connectivity index (χ3v) is 5.10. The number of hydrogen-bond acceptors (Lipinski definition) is 10. The third kappa shape index (κ3) is 10.6. The Hall–Kier alpha value is -3.14. The molecule has 1 aromatic carbocycles. The van der Waals surface area contributed by atoms with E-state index >= 15 is 0 Å². The molecule has 10 nitrogen and oxygen atoms in total. The van der Waals surface area contributed by atoms with Gasteiger partial charge < -0.3 is 29.4 Å². The first-order chi connectivity index (χ1) is 16.6. The molecule has 2 N–H and O–H groups in total. The van der Waals surface area contributed by atoms with Crippen molar-refractivity contribution in [2.75, 3.05) is 6.61 Å². The summed E-state index contributed by atoms with van der Waals surface area (Å²) in [6.07, 6.45) is -0.916. The lowest BCUT2D eigenvalue weighted by Crippen LogP contribution is -2.36. The molecule has 0 fully saturated rings. The van der Waals surface area contributed by atoms with Gasteiger partial charge in [-0.3, -0.25) is 14.4 Å². The van der Waals surface area contributed by atoms with Gasteiger partial charge in [-0.15, -0.1) is 0 Å². The van der Waals surface area contributed by atoms with Gasteiger partial charge in [0.05, 0.1) is 11.8 Å². The van der Waals surface area contributed by atoms with Gasteiger partial charge >= 0.3 is 24.1 Å². The third-order valence-electron chi connectivity index (χ3n) is 5.10. The SMILES string of the molecule is CCC(C)(C)OC(=O)O[C@@H](C)COC(=O)[C@@H](N)Cc1ccc(OC(=O)C(C)C)c(OC(=O)C(C)C)c1. The van der Waals surface area contributed by atoms with Crippen LogP contribution in [0.1, 0.15) is 67.4 Å². The standard InChI is InChI=1S/C26H39NO9/c1-9-26(7,8)36-25(31)33-17(6)14-32-24(30)19(27)12-18-10-11-20(34-22(28)15(2)3)21(13-18)35-23(29)16(4)5/h10-11,13,15-17,19H,9,12,14,27H2,1-8H3/t17-,19-/m0/s1. The summed E-state index contributed by atoms with van der Waals surface area (Å²) in [5.41, 5.74) is 5.89. The first kappa shape index (κ1) is 30.9. The number of carbonyl (C=O) groups excluding carboxylic acids is 4. The van der Waals surface area contributed by atoms with Gasteiger partial charge in [-0.2, -0.15) is 0 Å². The smallest absolute Gasteiger partial charge is 0.461 e. The van der Waals surface area contributed by atoms with Crippen molar-refractivity contribution in [3.05, 3.63) is 23.8 Å². The first-order valence-electron chi connectivity index (χ1n) is 12.0. The lowest BCUT2D eigenvalue weighted by molar-refractivity contribution is -0.148. The average molecular weight is 510 g/mol. The van der Waals surface area contributed by atoms with Crippen molar-refractivity contribution >= 4 is 24.1 Å². The number of carbonyl (C=O) groups is 4. The van der Waals surface area contributed by atoms with Crippen molar-refractivity contribution in [3.8, 4) is 11.5 Å². The van der Waals surface area contributed by atoms with E-state index in [0.717, 1.165) is 0 Å². The van der Waals surface area contributed by atoms with Crippen LogP contribution in [0.5, 0.6) is 11.5 Å². The van der Waals surface area contributed by atoms with Crippen LogP contribution in [-0.4, -0.2) is 48.4 Å². The molecule has 0 aliphatic carbocycles. The molecule has 0 aliphatic heterocycles. The van der Waals surface area contributed by atoms with E-state index < -0.39 is 47.7 Å². The zero-order valence-corrected chi connectivity index (χ0v) is 22.4. The highest BCUT2D eigenvalue weighted by atomic mass is 16.7. The maximum Gasteiger partial charge on any atom is 0.509 e. The molecule has 0 unspecified atom stereocenters. The number of nitrogens with two attached hydrogens (primary N) is 1. The number of hydrogen-bond donors (Lipinski definition) is 1. The maximum absolute atomic E-state index is 12.4. The topological polar surface area (TPSA) is 140 Å². The second-order valence-electron chi connectivity index (χ2n) is 9.77. The molecule has 0 saturated carbocycles. The molecular formula is C26H39NO9. The molecule has 0 bridgehead atoms. The Balaban J connectivity index is 2.79. The fraction of sp³-hybridized carbons (Fsp3) is 0.615. The van der Waals surface area contributed by atoms with E-state index in [1.165, 1.54) is 12.1 Å².